The van der Waals surface area contributed by atoms with Crippen LogP contribution in [0.15, 0.2) is 30.3 Å². The Morgan fingerprint density at radius 1 is 1.32 bits per heavy atom. The number of amides is 2. The summed E-state index contributed by atoms with van der Waals surface area (Å²) in [6.45, 7) is 1.47. The maximum Gasteiger partial charge on any atom is 0.248 e. The molecule has 1 spiro atoms. The molecule has 2 saturated heterocycles. The number of nitrogens with zero attached hydrogens (tertiary/aromatic N) is 1. The van der Waals surface area contributed by atoms with Gasteiger partial charge in [0.15, 0.2) is 0 Å². The molecule has 2 fully saturated rings. The number of rotatable bonds is 3. The molecule has 0 aliphatic carbocycles. The first-order chi connectivity index (χ1) is 10.6. The molecule has 2 heterocycles. The van der Waals surface area contributed by atoms with Crippen molar-refractivity contribution < 1.29 is 14.3 Å². The van der Waals surface area contributed by atoms with E-state index in [2.05, 4.69) is 17.4 Å². The number of methoxy groups -OCH3 is 1. The molecule has 1 aromatic carbocycles. The van der Waals surface area contributed by atoms with Crippen molar-refractivity contribution in [2.75, 3.05) is 26.8 Å². The normalized spacial score (nSPS) is 23.6. The summed E-state index contributed by atoms with van der Waals surface area (Å²) in [4.78, 5) is 25.8. The lowest BCUT2D eigenvalue weighted by molar-refractivity contribution is -0.136. The van der Waals surface area contributed by atoms with Gasteiger partial charge in [-0.2, -0.15) is 0 Å². The number of carbonyl (C=O) groups is 2. The fourth-order valence-electron chi connectivity index (χ4n) is 3.76. The van der Waals surface area contributed by atoms with Gasteiger partial charge in [-0.1, -0.05) is 30.3 Å². The van der Waals surface area contributed by atoms with Crippen LogP contribution in [0.3, 0.4) is 0 Å². The number of benzene rings is 1. The number of piperidine rings is 1. The van der Waals surface area contributed by atoms with Gasteiger partial charge in [-0.15, -0.1) is 0 Å². The minimum absolute atomic E-state index is 0.0259. The molecule has 5 nitrogen and oxygen atoms in total. The van der Waals surface area contributed by atoms with Crippen LogP contribution in [0.1, 0.15) is 30.7 Å². The molecule has 3 rings (SSSR count). The summed E-state index contributed by atoms with van der Waals surface area (Å²) in [5, 5.41) is 3.20. The molecule has 1 atom stereocenters. The Labute approximate surface area is 130 Å². The summed E-state index contributed by atoms with van der Waals surface area (Å²) in [6.07, 6.45) is 2.14. The van der Waals surface area contributed by atoms with E-state index in [0.717, 1.165) is 12.8 Å². The third-order valence-electron chi connectivity index (χ3n) is 4.92. The number of hydrogen-bond donors (Lipinski definition) is 1. The summed E-state index contributed by atoms with van der Waals surface area (Å²) in [5.41, 5.74) is 1.000. The monoisotopic (exact) mass is 302 g/mol. The Balaban J connectivity index is 1.75. The molecule has 2 amide bonds. The van der Waals surface area contributed by atoms with Crippen molar-refractivity contribution in [1.29, 1.82) is 0 Å². The van der Waals surface area contributed by atoms with Gasteiger partial charge in [0.05, 0.1) is 5.54 Å². The van der Waals surface area contributed by atoms with Gasteiger partial charge in [0.25, 0.3) is 0 Å². The minimum Gasteiger partial charge on any atom is -0.375 e. The topological polar surface area (TPSA) is 58.6 Å². The van der Waals surface area contributed by atoms with Gasteiger partial charge < -0.3 is 15.0 Å². The second kappa shape index (κ2) is 6.08. The van der Waals surface area contributed by atoms with Gasteiger partial charge in [0.1, 0.15) is 6.61 Å². The quantitative estimate of drug-likeness (QED) is 0.915. The van der Waals surface area contributed by atoms with Gasteiger partial charge in [-0.3, -0.25) is 9.59 Å². The minimum atomic E-state index is -0.206. The summed E-state index contributed by atoms with van der Waals surface area (Å²) in [5.74, 6) is 0.337. The van der Waals surface area contributed by atoms with Crippen LogP contribution in [0.5, 0.6) is 0 Å². The van der Waals surface area contributed by atoms with Crippen molar-refractivity contribution in [2.24, 2.45) is 0 Å². The lowest BCUT2D eigenvalue weighted by Crippen LogP contribution is -2.54. The fraction of sp³-hybridized carbons (Fsp3) is 0.529. The largest absolute Gasteiger partial charge is 0.375 e. The van der Waals surface area contributed by atoms with Crippen LogP contribution in [0.4, 0.5) is 0 Å². The SMILES string of the molecule is COCC(=O)N1CCC2(CC1)NC(=O)C[C@@H]2c1ccccc1. The molecule has 0 radical (unpaired) electrons. The van der Waals surface area contributed by atoms with E-state index in [9.17, 15) is 9.59 Å². The van der Waals surface area contributed by atoms with Crippen LogP contribution < -0.4 is 5.32 Å². The number of ether oxygens (including phenoxy) is 1. The Bertz CT molecular complexity index is 550. The molecule has 1 aromatic rings. The average molecular weight is 302 g/mol. The van der Waals surface area contributed by atoms with E-state index in [1.807, 2.05) is 23.1 Å². The zero-order valence-electron chi connectivity index (χ0n) is 12.9. The van der Waals surface area contributed by atoms with Gasteiger partial charge in [-0.25, -0.2) is 0 Å². The molecule has 0 saturated carbocycles. The predicted molar refractivity (Wildman–Crippen MR) is 82.4 cm³/mol. The fourth-order valence-corrected chi connectivity index (χ4v) is 3.76. The highest BCUT2D eigenvalue weighted by Crippen LogP contribution is 2.43. The Morgan fingerprint density at radius 2 is 2.00 bits per heavy atom. The highest BCUT2D eigenvalue weighted by Gasteiger charge is 2.48. The molecular formula is C17H22N2O3. The van der Waals surface area contributed by atoms with Crippen molar-refractivity contribution in [1.82, 2.24) is 10.2 Å². The number of nitrogens with one attached hydrogen (secondary N) is 1. The highest BCUT2D eigenvalue weighted by atomic mass is 16.5. The van der Waals surface area contributed by atoms with E-state index < -0.39 is 0 Å². The van der Waals surface area contributed by atoms with E-state index in [4.69, 9.17) is 4.74 Å². The maximum absolute atomic E-state index is 12.0. The smallest absolute Gasteiger partial charge is 0.248 e. The van der Waals surface area contributed by atoms with Crippen LogP contribution in [-0.4, -0.2) is 49.1 Å². The van der Waals surface area contributed by atoms with Crippen LogP contribution in [0.25, 0.3) is 0 Å². The zero-order valence-corrected chi connectivity index (χ0v) is 12.9. The average Bonchev–Trinajstić information content (AvgIpc) is 2.85. The molecule has 0 bridgehead atoms. The molecule has 2 aliphatic rings. The zero-order chi connectivity index (χ0) is 15.6. The van der Waals surface area contributed by atoms with Crippen molar-refractivity contribution in [3.63, 3.8) is 0 Å². The molecule has 118 valence electrons. The van der Waals surface area contributed by atoms with Crippen molar-refractivity contribution in [3.8, 4) is 0 Å². The van der Waals surface area contributed by atoms with Crippen LogP contribution in [-0.2, 0) is 14.3 Å². The van der Waals surface area contributed by atoms with E-state index in [1.54, 1.807) is 0 Å². The molecule has 2 aliphatic heterocycles. The van der Waals surface area contributed by atoms with Gasteiger partial charge in [0, 0.05) is 32.5 Å². The second-order valence-corrected chi connectivity index (χ2v) is 6.19. The summed E-state index contributed by atoms with van der Waals surface area (Å²) in [6, 6.07) is 10.2. The third-order valence-corrected chi connectivity index (χ3v) is 4.92. The number of carbonyl (C=O) groups excluding carboxylic acids is 2. The summed E-state index contributed by atoms with van der Waals surface area (Å²) < 4.78 is 4.92. The number of hydrogen-bond acceptors (Lipinski definition) is 3. The first-order valence-electron chi connectivity index (χ1n) is 7.77. The van der Waals surface area contributed by atoms with Gasteiger partial charge >= 0.3 is 0 Å². The molecule has 22 heavy (non-hydrogen) atoms. The van der Waals surface area contributed by atoms with Crippen LogP contribution in [0.2, 0.25) is 0 Å². The molecule has 0 aromatic heterocycles. The van der Waals surface area contributed by atoms with E-state index in [0.29, 0.717) is 19.5 Å². The van der Waals surface area contributed by atoms with Crippen LogP contribution in [0, 0.1) is 0 Å². The van der Waals surface area contributed by atoms with Crippen molar-refractivity contribution >= 4 is 11.8 Å². The van der Waals surface area contributed by atoms with Gasteiger partial charge in [-0.05, 0) is 18.4 Å². The predicted octanol–water partition coefficient (Wildman–Crippen LogP) is 1.30. The number of likely N-dealkylation sites (tertiary alicyclic amines) is 1. The first kappa shape index (κ1) is 15.0. The molecule has 0 unspecified atom stereocenters. The lowest BCUT2D eigenvalue weighted by Gasteiger charge is -2.43. The Kier molecular flexibility index (Phi) is 4.16. The Morgan fingerprint density at radius 3 is 2.64 bits per heavy atom. The highest BCUT2D eigenvalue weighted by molar-refractivity contribution is 5.82. The van der Waals surface area contributed by atoms with Crippen molar-refractivity contribution in [3.05, 3.63) is 35.9 Å². The lowest BCUT2D eigenvalue weighted by atomic mass is 9.74. The summed E-state index contributed by atoms with van der Waals surface area (Å²) in [7, 11) is 1.53. The molecular weight excluding hydrogens is 280 g/mol. The third kappa shape index (κ3) is 2.73. The van der Waals surface area contributed by atoms with E-state index in [-0.39, 0.29) is 29.9 Å². The summed E-state index contributed by atoms with van der Waals surface area (Å²) >= 11 is 0. The maximum atomic E-state index is 12.0. The van der Waals surface area contributed by atoms with Gasteiger partial charge in [0.2, 0.25) is 11.8 Å². The standard InChI is InChI=1S/C17H22N2O3/c1-22-12-16(21)19-9-7-17(8-10-19)14(11-15(20)18-17)13-5-3-2-4-6-13/h2-6,14H,7-12H2,1H3,(H,18,20)/t14-/m1/s1. The second-order valence-electron chi connectivity index (χ2n) is 6.19. The molecule has 1 N–H and O–H groups in total. The first-order valence-corrected chi connectivity index (χ1v) is 7.77. The van der Waals surface area contributed by atoms with Crippen LogP contribution >= 0.6 is 0 Å². The van der Waals surface area contributed by atoms with E-state index in [1.165, 1.54) is 12.7 Å². The Hall–Kier alpha value is -1.88. The van der Waals surface area contributed by atoms with E-state index >= 15 is 0 Å². The molecule has 5 heteroatoms. The van der Waals surface area contributed by atoms with Crippen molar-refractivity contribution in [2.45, 2.75) is 30.7 Å².